The smallest absolute Gasteiger partial charge is 0.339 e. The van der Waals surface area contributed by atoms with Gasteiger partial charge in [-0.3, -0.25) is 4.79 Å². The monoisotopic (exact) mass is 350 g/mol. The van der Waals surface area contributed by atoms with Gasteiger partial charge in [0.2, 0.25) is 6.10 Å². The summed E-state index contributed by atoms with van der Waals surface area (Å²) in [6.07, 6.45) is -1.02. The molecular formula is C20H18N2O4. The summed E-state index contributed by atoms with van der Waals surface area (Å²) in [4.78, 5) is 27.1. The maximum Gasteiger partial charge on any atom is 0.339 e. The number of carbonyl (C=O) groups excluding carboxylic acids is 2. The van der Waals surface area contributed by atoms with Crippen molar-refractivity contribution in [1.29, 1.82) is 5.26 Å². The number of carbonyl (C=O) groups is 2. The van der Waals surface area contributed by atoms with Gasteiger partial charge in [0.1, 0.15) is 0 Å². The Morgan fingerprint density at radius 1 is 1.04 bits per heavy atom. The largest absolute Gasteiger partial charge is 0.444 e. The van der Waals surface area contributed by atoms with Crippen molar-refractivity contribution in [1.82, 2.24) is 4.90 Å². The Hall–Kier alpha value is -3.17. The van der Waals surface area contributed by atoms with Crippen LogP contribution in [0.4, 0.5) is 0 Å². The van der Waals surface area contributed by atoms with Crippen molar-refractivity contribution >= 4 is 11.9 Å². The normalized spacial score (nSPS) is 15.0. The van der Waals surface area contributed by atoms with Gasteiger partial charge in [-0.05, 0) is 24.3 Å². The van der Waals surface area contributed by atoms with Gasteiger partial charge in [-0.15, -0.1) is 0 Å². The van der Waals surface area contributed by atoms with Gasteiger partial charge in [-0.1, -0.05) is 30.3 Å². The molecule has 3 rings (SSSR count). The lowest BCUT2D eigenvalue weighted by Gasteiger charge is -2.30. The topological polar surface area (TPSA) is 79.6 Å². The Morgan fingerprint density at radius 3 is 2.31 bits per heavy atom. The molecule has 0 aromatic heterocycles. The van der Waals surface area contributed by atoms with Gasteiger partial charge in [-0.25, -0.2) is 4.79 Å². The van der Waals surface area contributed by atoms with Crippen LogP contribution in [0.2, 0.25) is 0 Å². The molecule has 1 aliphatic rings. The lowest BCUT2D eigenvalue weighted by atomic mass is 10.1. The standard InChI is InChI=1S/C20H18N2O4/c21-14-15-6-8-17(9-7-15)20(24)26-18(16-4-2-1-3-5-16)19(23)22-10-12-25-13-11-22/h1-9,18H,10-13H2/t18-/m0/s1. The third kappa shape index (κ3) is 4.08. The summed E-state index contributed by atoms with van der Waals surface area (Å²) in [5.74, 6) is -0.869. The number of nitrogens with zero attached hydrogens (tertiary/aromatic N) is 2. The summed E-state index contributed by atoms with van der Waals surface area (Å²) in [5.41, 5.74) is 1.36. The van der Waals surface area contributed by atoms with E-state index in [0.29, 0.717) is 43.0 Å². The Balaban J connectivity index is 1.82. The first-order valence-corrected chi connectivity index (χ1v) is 8.31. The van der Waals surface area contributed by atoms with Gasteiger partial charge >= 0.3 is 5.97 Å². The van der Waals surface area contributed by atoms with E-state index in [-0.39, 0.29) is 5.91 Å². The van der Waals surface area contributed by atoms with E-state index >= 15 is 0 Å². The Bertz CT molecular complexity index is 806. The number of ether oxygens (including phenoxy) is 2. The zero-order chi connectivity index (χ0) is 18.4. The van der Waals surface area contributed by atoms with Crippen molar-refractivity contribution < 1.29 is 19.1 Å². The van der Waals surface area contributed by atoms with Gasteiger partial charge in [0, 0.05) is 18.7 Å². The number of hydrogen-bond donors (Lipinski definition) is 0. The molecule has 6 nitrogen and oxygen atoms in total. The summed E-state index contributed by atoms with van der Waals surface area (Å²) in [7, 11) is 0. The molecule has 0 N–H and O–H groups in total. The van der Waals surface area contributed by atoms with Crippen molar-refractivity contribution in [3.05, 3.63) is 71.3 Å². The molecule has 6 heteroatoms. The third-order valence-electron chi connectivity index (χ3n) is 4.12. The first-order valence-electron chi connectivity index (χ1n) is 8.31. The Morgan fingerprint density at radius 2 is 1.69 bits per heavy atom. The highest BCUT2D eigenvalue weighted by Crippen LogP contribution is 2.22. The molecule has 1 heterocycles. The summed E-state index contributed by atoms with van der Waals surface area (Å²) < 4.78 is 10.8. The molecule has 0 aliphatic carbocycles. The molecule has 1 aliphatic heterocycles. The van der Waals surface area contributed by atoms with Crippen molar-refractivity contribution in [2.24, 2.45) is 0 Å². The van der Waals surface area contributed by atoms with Gasteiger partial charge in [-0.2, -0.15) is 5.26 Å². The first-order chi connectivity index (χ1) is 12.7. The molecule has 26 heavy (non-hydrogen) atoms. The average molecular weight is 350 g/mol. The van der Waals surface area contributed by atoms with E-state index in [0.717, 1.165) is 0 Å². The minimum absolute atomic E-state index is 0.263. The first kappa shape index (κ1) is 17.6. The average Bonchev–Trinajstić information content (AvgIpc) is 2.72. The predicted octanol–water partition coefficient (Wildman–Crippen LogP) is 2.32. The molecule has 2 aromatic rings. The Labute approximate surface area is 151 Å². The molecule has 0 radical (unpaired) electrons. The molecule has 0 saturated carbocycles. The minimum atomic E-state index is -1.02. The van der Waals surface area contributed by atoms with Crippen LogP contribution in [0.3, 0.4) is 0 Å². The van der Waals surface area contributed by atoms with Crippen molar-refractivity contribution in [3.8, 4) is 6.07 Å². The van der Waals surface area contributed by atoms with E-state index in [1.165, 1.54) is 24.3 Å². The highest BCUT2D eigenvalue weighted by Gasteiger charge is 2.30. The highest BCUT2D eigenvalue weighted by molar-refractivity contribution is 5.92. The van der Waals surface area contributed by atoms with Crippen LogP contribution in [0.25, 0.3) is 0 Å². The van der Waals surface area contributed by atoms with Crippen molar-refractivity contribution in [2.45, 2.75) is 6.10 Å². The minimum Gasteiger partial charge on any atom is -0.444 e. The zero-order valence-corrected chi connectivity index (χ0v) is 14.1. The number of benzene rings is 2. The van der Waals surface area contributed by atoms with Crippen LogP contribution >= 0.6 is 0 Å². The van der Waals surface area contributed by atoms with Gasteiger partial charge in [0.05, 0.1) is 30.4 Å². The third-order valence-corrected chi connectivity index (χ3v) is 4.12. The molecule has 0 bridgehead atoms. The summed E-state index contributed by atoms with van der Waals surface area (Å²) in [5, 5.41) is 8.85. The number of esters is 1. The molecule has 1 fully saturated rings. The quantitative estimate of drug-likeness (QED) is 0.791. The van der Waals surface area contributed by atoms with E-state index in [9.17, 15) is 9.59 Å². The van der Waals surface area contributed by atoms with Gasteiger partial charge < -0.3 is 14.4 Å². The lowest BCUT2D eigenvalue weighted by molar-refractivity contribution is -0.145. The Kier molecular flexibility index (Phi) is 5.62. The number of rotatable bonds is 4. The SMILES string of the molecule is N#Cc1ccc(C(=O)O[C@H](C(=O)N2CCOCC2)c2ccccc2)cc1. The molecular weight excluding hydrogens is 332 g/mol. The molecule has 1 atom stereocenters. The van der Waals surface area contributed by atoms with E-state index in [4.69, 9.17) is 14.7 Å². The van der Waals surface area contributed by atoms with Crippen LogP contribution in [0.15, 0.2) is 54.6 Å². The van der Waals surface area contributed by atoms with Crippen molar-refractivity contribution in [3.63, 3.8) is 0 Å². The molecule has 1 amide bonds. The lowest BCUT2D eigenvalue weighted by Crippen LogP contribution is -2.44. The summed E-state index contributed by atoms with van der Waals surface area (Å²) in [6, 6.07) is 17.1. The fourth-order valence-corrected chi connectivity index (χ4v) is 2.69. The second-order valence-electron chi connectivity index (χ2n) is 5.82. The van der Waals surface area contributed by atoms with Gasteiger partial charge in [0.15, 0.2) is 0 Å². The number of nitriles is 1. The van der Waals surface area contributed by atoms with E-state index < -0.39 is 12.1 Å². The highest BCUT2D eigenvalue weighted by atomic mass is 16.5. The molecule has 132 valence electrons. The van der Waals surface area contributed by atoms with E-state index in [1.807, 2.05) is 12.1 Å². The number of morpholine rings is 1. The number of hydrogen-bond acceptors (Lipinski definition) is 5. The van der Waals surface area contributed by atoms with Crippen LogP contribution in [-0.4, -0.2) is 43.1 Å². The van der Waals surface area contributed by atoms with E-state index in [1.54, 1.807) is 29.2 Å². The molecule has 1 saturated heterocycles. The fourth-order valence-electron chi connectivity index (χ4n) is 2.69. The van der Waals surface area contributed by atoms with Crippen LogP contribution in [0.1, 0.15) is 27.6 Å². The zero-order valence-electron chi connectivity index (χ0n) is 14.1. The molecule has 2 aromatic carbocycles. The molecule has 0 unspecified atom stereocenters. The predicted molar refractivity (Wildman–Crippen MR) is 93.2 cm³/mol. The summed E-state index contributed by atoms with van der Waals surface area (Å²) in [6.45, 7) is 1.88. The van der Waals surface area contributed by atoms with Crippen LogP contribution in [-0.2, 0) is 14.3 Å². The van der Waals surface area contributed by atoms with Crippen LogP contribution < -0.4 is 0 Å². The van der Waals surface area contributed by atoms with Crippen molar-refractivity contribution in [2.75, 3.05) is 26.3 Å². The van der Waals surface area contributed by atoms with Crippen LogP contribution in [0.5, 0.6) is 0 Å². The van der Waals surface area contributed by atoms with E-state index in [2.05, 4.69) is 0 Å². The number of amides is 1. The maximum atomic E-state index is 12.9. The fraction of sp³-hybridized carbons (Fsp3) is 0.250. The van der Waals surface area contributed by atoms with Crippen LogP contribution in [0, 0.1) is 11.3 Å². The molecule has 0 spiro atoms. The van der Waals surface area contributed by atoms with Gasteiger partial charge in [0.25, 0.3) is 5.91 Å². The summed E-state index contributed by atoms with van der Waals surface area (Å²) >= 11 is 0. The second-order valence-corrected chi connectivity index (χ2v) is 5.82. The second kappa shape index (κ2) is 8.28. The maximum absolute atomic E-state index is 12.9.